The van der Waals surface area contributed by atoms with E-state index in [1.807, 2.05) is 0 Å². The monoisotopic (exact) mass is 227 g/mol. The van der Waals surface area contributed by atoms with Crippen LogP contribution < -0.4 is 5.32 Å². The first-order chi connectivity index (χ1) is 7.63. The van der Waals surface area contributed by atoms with Gasteiger partial charge in [0.15, 0.2) is 0 Å². The number of nitrogens with one attached hydrogen (secondary N) is 1. The number of aliphatic hydroxyl groups excluding tert-OH is 1. The van der Waals surface area contributed by atoms with E-state index >= 15 is 0 Å². The maximum absolute atomic E-state index is 12.7. The lowest BCUT2D eigenvalue weighted by molar-refractivity contribution is -0.136. The second kappa shape index (κ2) is 6.19. The maximum atomic E-state index is 12.7. The minimum Gasteiger partial charge on any atom is -0.481 e. The average Bonchev–Trinajstić information content (AvgIpc) is 2.26. The third-order valence-electron chi connectivity index (χ3n) is 2.18. The van der Waals surface area contributed by atoms with E-state index in [9.17, 15) is 9.18 Å². The van der Waals surface area contributed by atoms with E-state index in [2.05, 4.69) is 5.32 Å². The van der Waals surface area contributed by atoms with Crippen LogP contribution in [0.3, 0.4) is 0 Å². The molecule has 0 fully saturated rings. The van der Waals surface area contributed by atoms with E-state index in [1.54, 1.807) is 12.1 Å². The summed E-state index contributed by atoms with van der Waals surface area (Å²) < 4.78 is 12.7. The van der Waals surface area contributed by atoms with Gasteiger partial charge in [0.2, 0.25) is 0 Å². The molecule has 0 radical (unpaired) electrons. The molecule has 16 heavy (non-hydrogen) atoms. The van der Waals surface area contributed by atoms with Crippen molar-refractivity contribution in [3.63, 3.8) is 0 Å². The predicted octanol–water partition coefficient (Wildman–Crippen LogP) is 0.923. The van der Waals surface area contributed by atoms with Gasteiger partial charge in [-0.3, -0.25) is 4.79 Å². The van der Waals surface area contributed by atoms with Gasteiger partial charge in [-0.15, -0.1) is 0 Å². The summed E-state index contributed by atoms with van der Waals surface area (Å²) in [6, 6.07) is 5.36. The molecule has 1 rings (SSSR count). The molecule has 1 aromatic rings. The Morgan fingerprint density at radius 2 is 2.00 bits per heavy atom. The molecule has 1 atom stereocenters. The smallest absolute Gasteiger partial charge is 0.304 e. The van der Waals surface area contributed by atoms with Crippen molar-refractivity contribution in [1.29, 1.82) is 0 Å². The standard InChI is InChI=1S/C11H14FNO3/c12-9-3-1-8(2-4-9)10(7-14)13-6-5-11(15)16/h1-4,10,13-14H,5-7H2,(H,15,16). The van der Waals surface area contributed by atoms with Gasteiger partial charge in [0, 0.05) is 6.54 Å². The summed E-state index contributed by atoms with van der Waals surface area (Å²) in [5, 5.41) is 20.4. The zero-order chi connectivity index (χ0) is 12.0. The third-order valence-corrected chi connectivity index (χ3v) is 2.18. The fourth-order valence-electron chi connectivity index (χ4n) is 1.34. The highest BCUT2D eigenvalue weighted by molar-refractivity contribution is 5.66. The van der Waals surface area contributed by atoms with Crippen molar-refractivity contribution in [3.8, 4) is 0 Å². The van der Waals surface area contributed by atoms with Crippen LogP contribution in [0, 0.1) is 5.82 Å². The normalized spacial score (nSPS) is 12.4. The van der Waals surface area contributed by atoms with Crippen molar-refractivity contribution in [3.05, 3.63) is 35.6 Å². The van der Waals surface area contributed by atoms with E-state index < -0.39 is 5.97 Å². The van der Waals surface area contributed by atoms with Crippen LogP contribution in [0.15, 0.2) is 24.3 Å². The third kappa shape index (κ3) is 3.96. The van der Waals surface area contributed by atoms with E-state index in [-0.39, 0.29) is 31.4 Å². The molecule has 0 aliphatic heterocycles. The van der Waals surface area contributed by atoms with Crippen LogP contribution in [-0.2, 0) is 4.79 Å². The SMILES string of the molecule is O=C(O)CCNC(CO)c1ccc(F)cc1. The first kappa shape index (κ1) is 12.6. The number of hydrogen-bond acceptors (Lipinski definition) is 3. The van der Waals surface area contributed by atoms with Gasteiger partial charge in [-0.2, -0.15) is 0 Å². The van der Waals surface area contributed by atoms with Gasteiger partial charge in [-0.25, -0.2) is 4.39 Å². The Kier molecular flexibility index (Phi) is 4.88. The fourth-order valence-corrected chi connectivity index (χ4v) is 1.34. The fraction of sp³-hybridized carbons (Fsp3) is 0.364. The first-order valence-corrected chi connectivity index (χ1v) is 4.95. The van der Waals surface area contributed by atoms with Gasteiger partial charge in [0.1, 0.15) is 5.82 Å². The molecule has 0 saturated heterocycles. The Labute approximate surface area is 92.7 Å². The zero-order valence-corrected chi connectivity index (χ0v) is 8.69. The van der Waals surface area contributed by atoms with Crippen LogP contribution in [0.4, 0.5) is 4.39 Å². The number of carboxylic acid groups (broad SMARTS) is 1. The summed E-state index contributed by atoms with van der Waals surface area (Å²) in [5.74, 6) is -1.24. The molecule has 0 bridgehead atoms. The molecule has 1 unspecified atom stereocenters. The van der Waals surface area contributed by atoms with Crippen LogP contribution in [0.1, 0.15) is 18.0 Å². The number of carbonyl (C=O) groups is 1. The van der Waals surface area contributed by atoms with Crippen LogP contribution >= 0.6 is 0 Å². The van der Waals surface area contributed by atoms with Gasteiger partial charge in [0.25, 0.3) is 0 Å². The molecule has 4 nitrogen and oxygen atoms in total. The van der Waals surface area contributed by atoms with Crippen molar-refractivity contribution in [2.45, 2.75) is 12.5 Å². The average molecular weight is 227 g/mol. The first-order valence-electron chi connectivity index (χ1n) is 4.95. The number of halogens is 1. The highest BCUT2D eigenvalue weighted by atomic mass is 19.1. The van der Waals surface area contributed by atoms with E-state index in [4.69, 9.17) is 10.2 Å². The topological polar surface area (TPSA) is 69.6 Å². The summed E-state index contributed by atoms with van der Waals surface area (Å²) >= 11 is 0. The second-order valence-electron chi connectivity index (χ2n) is 3.38. The van der Waals surface area contributed by atoms with Crippen LogP contribution in [0.25, 0.3) is 0 Å². The van der Waals surface area contributed by atoms with E-state index in [0.717, 1.165) is 5.56 Å². The van der Waals surface area contributed by atoms with Gasteiger partial charge >= 0.3 is 5.97 Å². The lowest BCUT2D eigenvalue weighted by Crippen LogP contribution is -2.26. The van der Waals surface area contributed by atoms with Crippen molar-refractivity contribution in [1.82, 2.24) is 5.32 Å². The highest BCUT2D eigenvalue weighted by Crippen LogP contribution is 2.12. The second-order valence-corrected chi connectivity index (χ2v) is 3.38. The predicted molar refractivity (Wildman–Crippen MR) is 56.5 cm³/mol. The maximum Gasteiger partial charge on any atom is 0.304 e. The van der Waals surface area contributed by atoms with Crippen molar-refractivity contribution >= 4 is 5.97 Å². The number of hydrogen-bond donors (Lipinski definition) is 3. The van der Waals surface area contributed by atoms with Crippen LogP contribution in [0.2, 0.25) is 0 Å². The van der Waals surface area contributed by atoms with Crippen molar-refractivity contribution < 1.29 is 19.4 Å². The molecule has 0 aliphatic carbocycles. The lowest BCUT2D eigenvalue weighted by Gasteiger charge is -2.15. The zero-order valence-electron chi connectivity index (χ0n) is 8.69. The molecule has 0 saturated carbocycles. The minimum absolute atomic E-state index is 0.0162. The van der Waals surface area contributed by atoms with E-state index in [1.165, 1.54) is 12.1 Å². The number of aliphatic carboxylic acids is 1. The minimum atomic E-state index is -0.900. The number of benzene rings is 1. The Hall–Kier alpha value is -1.46. The quantitative estimate of drug-likeness (QED) is 0.676. The number of carboxylic acids is 1. The highest BCUT2D eigenvalue weighted by Gasteiger charge is 2.09. The summed E-state index contributed by atoms with van der Waals surface area (Å²) in [5.41, 5.74) is 0.731. The van der Waals surface area contributed by atoms with Gasteiger partial charge < -0.3 is 15.5 Å². The summed E-state index contributed by atoms with van der Waals surface area (Å²) in [4.78, 5) is 10.3. The molecule has 3 N–H and O–H groups in total. The van der Waals surface area contributed by atoms with Crippen LogP contribution in [-0.4, -0.2) is 29.3 Å². The lowest BCUT2D eigenvalue weighted by atomic mass is 10.1. The summed E-state index contributed by atoms with van der Waals surface area (Å²) in [6.45, 7) is 0.100. The Morgan fingerprint density at radius 3 is 2.50 bits per heavy atom. The molecule has 0 amide bonds. The van der Waals surface area contributed by atoms with Gasteiger partial charge in [-0.1, -0.05) is 12.1 Å². The molecular weight excluding hydrogens is 213 g/mol. The molecule has 0 spiro atoms. The summed E-state index contributed by atoms with van der Waals surface area (Å²) in [6.07, 6.45) is -0.0162. The molecule has 88 valence electrons. The number of aliphatic hydroxyl groups is 1. The van der Waals surface area contributed by atoms with Crippen molar-refractivity contribution in [2.75, 3.05) is 13.2 Å². The Bertz CT molecular complexity index is 340. The van der Waals surface area contributed by atoms with E-state index in [0.29, 0.717) is 0 Å². The van der Waals surface area contributed by atoms with Crippen molar-refractivity contribution in [2.24, 2.45) is 0 Å². The largest absolute Gasteiger partial charge is 0.481 e. The van der Waals surface area contributed by atoms with Gasteiger partial charge in [0.05, 0.1) is 19.1 Å². The van der Waals surface area contributed by atoms with Crippen LogP contribution in [0.5, 0.6) is 0 Å². The molecule has 0 aromatic heterocycles. The Balaban J connectivity index is 2.53. The molecular formula is C11H14FNO3. The summed E-state index contributed by atoms with van der Waals surface area (Å²) in [7, 11) is 0. The Morgan fingerprint density at radius 1 is 1.38 bits per heavy atom. The van der Waals surface area contributed by atoms with Gasteiger partial charge in [-0.05, 0) is 17.7 Å². The number of rotatable bonds is 6. The molecule has 0 heterocycles. The molecule has 1 aromatic carbocycles. The molecule has 5 heteroatoms. The molecule has 0 aliphatic rings.